The maximum Gasteiger partial charge on any atom is 0.340 e. The predicted molar refractivity (Wildman–Crippen MR) is 112 cm³/mol. The van der Waals surface area contributed by atoms with Gasteiger partial charge in [0.25, 0.3) is 5.91 Å². The van der Waals surface area contributed by atoms with Gasteiger partial charge in [-0.25, -0.2) is 4.79 Å². The van der Waals surface area contributed by atoms with E-state index in [1.165, 1.54) is 22.7 Å². The Kier molecular flexibility index (Phi) is 6.45. The van der Waals surface area contributed by atoms with Crippen LogP contribution in [0.15, 0.2) is 53.2 Å². The van der Waals surface area contributed by atoms with Crippen LogP contribution in [0.3, 0.4) is 0 Å². The van der Waals surface area contributed by atoms with E-state index in [1.807, 2.05) is 48.0 Å². The first-order valence-corrected chi connectivity index (χ1v) is 10.2. The maximum absolute atomic E-state index is 12.6. The van der Waals surface area contributed by atoms with Gasteiger partial charge in [-0.1, -0.05) is 29.8 Å². The number of nitrogens with one attached hydrogen (secondary N) is 1. The average Bonchev–Trinajstić information content (AvgIpc) is 3.34. The van der Waals surface area contributed by atoms with Crippen molar-refractivity contribution < 1.29 is 14.3 Å². The Morgan fingerprint density at radius 2 is 1.93 bits per heavy atom. The fraction of sp³-hybridized carbons (Fsp3) is 0.100. The first kappa shape index (κ1) is 19.4. The molecule has 2 aromatic heterocycles. The van der Waals surface area contributed by atoms with Crippen LogP contribution in [0.2, 0.25) is 5.02 Å². The Bertz CT molecular complexity index is 963. The average molecular weight is 418 g/mol. The number of ether oxygens (including phenoxy) is 1. The molecule has 0 bridgehead atoms. The van der Waals surface area contributed by atoms with Crippen molar-refractivity contribution in [1.82, 2.24) is 0 Å². The molecular formula is C20H16ClNO3S2. The molecule has 7 heteroatoms. The van der Waals surface area contributed by atoms with Crippen LogP contribution >= 0.6 is 34.3 Å². The lowest BCUT2D eigenvalue weighted by Crippen LogP contribution is -2.21. The van der Waals surface area contributed by atoms with E-state index in [9.17, 15) is 9.59 Å². The van der Waals surface area contributed by atoms with Gasteiger partial charge in [0, 0.05) is 20.5 Å². The van der Waals surface area contributed by atoms with Gasteiger partial charge >= 0.3 is 5.97 Å². The van der Waals surface area contributed by atoms with Crippen molar-refractivity contribution in [2.75, 3.05) is 11.9 Å². The molecule has 0 fully saturated rings. The highest BCUT2D eigenvalue weighted by Crippen LogP contribution is 2.26. The van der Waals surface area contributed by atoms with Crippen LogP contribution in [-0.4, -0.2) is 18.5 Å². The lowest BCUT2D eigenvalue weighted by atomic mass is 10.2. The summed E-state index contributed by atoms with van der Waals surface area (Å²) in [5, 5.41) is 7.05. The summed E-state index contributed by atoms with van der Waals surface area (Å²) in [4.78, 5) is 26.5. The molecule has 1 amide bonds. The second-order valence-corrected chi connectivity index (χ2v) is 8.00. The summed E-state index contributed by atoms with van der Waals surface area (Å²) in [5.74, 6) is -0.959. The Morgan fingerprint density at radius 3 is 2.63 bits per heavy atom. The van der Waals surface area contributed by atoms with Crippen LogP contribution in [0.25, 0.3) is 11.6 Å². The van der Waals surface area contributed by atoms with Crippen molar-refractivity contribution in [2.45, 2.75) is 6.92 Å². The summed E-state index contributed by atoms with van der Waals surface area (Å²) in [6, 6.07) is 12.8. The van der Waals surface area contributed by atoms with E-state index in [0.717, 1.165) is 15.3 Å². The van der Waals surface area contributed by atoms with Crippen molar-refractivity contribution in [2.24, 2.45) is 0 Å². The summed E-state index contributed by atoms with van der Waals surface area (Å²) >= 11 is 8.92. The number of thiophene rings is 2. The molecule has 0 saturated carbocycles. The van der Waals surface area contributed by atoms with Gasteiger partial charge in [0.05, 0.1) is 5.57 Å². The molecule has 4 nitrogen and oxygen atoms in total. The number of benzene rings is 1. The Hall–Kier alpha value is -2.41. The number of aryl methyl sites for hydroxylation is 1. The smallest absolute Gasteiger partial charge is 0.340 e. The van der Waals surface area contributed by atoms with Gasteiger partial charge in [-0.2, -0.15) is 0 Å². The Morgan fingerprint density at radius 1 is 1.15 bits per heavy atom. The molecule has 1 aromatic carbocycles. The number of anilines is 1. The molecule has 0 spiro atoms. The summed E-state index contributed by atoms with van der Waals surface area (Å²) < 4.78 is 5.24. The molecule has 0 aliphatic rings. The minimum absolute atomic E-state index is 0.377. The second kappa shape index (κ2) is 8.99. The van der Waals surface area contributed by atoms with E-state index in [2.05, 4.69) is 5.32 Å². The molecule has 27 heavy (non-hydrogen) atoms. The third-order valence-corrected chi connectivity index (χ3v) is 5.60. The second-order valence-electron chi connectivity index (χ2n) is 5.63. The summed E-state index contributed by atoms with van der Waals surface area (Å²) in [6.07, 6.45) is 1.78. The topological polar surface area (TPSA) is 55.4 Å². The van der Waals surface area contributed by atoms with Crippen LogP contribution in [0.5, 0.6) is 0 Å². The van der Waals surface area contributed by atoms with E-state index in [4.69, 9.17) is 16.3 Å². The van der Waals surface area contributed by atoms with Crippen molar-refractivity contribution >= 4 is 63.5 Å². The lowest BCUT2D eigenvalue weighted by Gasteiger charge is -2.10. The van der Waals surface area contributed by atoms with Crippen LogP contribution < -0.4 is 5.32 Å². The molecule has 1 N–H and O–H groups in total. The minimum Gasteiger partial charge on any atom is -0.452 e. The highest BCUT2D eigenvalue weighted by Gasteiger charge is 2.17. The lowest BCUT2D eigenvalue weighted by molar-refractivity contribution is -0.141. The molecule has 0 radical (unpaired) electrons. The highest BCUT2D eigenvalue weighted by molar-refractivity contribution is 7.12. The summed E-state index contributed by atoms with van der Waals surface area (Å²) in [7, 11) is 0. The Labute approximate surface area is 170 Å². The zero-order valence-corrected chi connectivity index (χ0v) is 16.8. The first-order valence-electron chi connectivity index (χ1n) is 8.05. The van der Waals surface area contributed by atoms with Gasteiger partial charge in [-0.05, 0) is 53.6 Å². The fourth-order valence-corrected chi connectivity index (χ4v) is 3.86. The van der Waals surface area contributed by atoms with Gasteiger partial charge in [0.15, 0.2) is 6.61 Å². The quantitative estimate of drug-likeness (QED) is 0.426. The molecule has 0 saturated heterocycles. The van der Waals surface area contributed by atoms with Crippen molar-refractivity contribution in [3.8, 4) is 0 Å². The largest absolute Gasteiger partial charge is 0.452 e. The van der Waals surface area contributed by atoms with Gasteiger partial charge in [0.1, 0.15) is 0 Å². The van der Waals surface area contributed by atoms with E-state index >= 15 is 0 Å². The number of carbonyl (C=O) groups excluding carboxylic acids is 2. The van der Waals surface area contributed by atoms with Gasteiger partial charge in [0.2, 0.25) is 0 Å². The van der Waals surface area contributed by atoms with Crippen LogP contribution in [0, 0.1) is 6.92 Å². The zero-order chi connectivity index (χ0) is 19.2. The fourth-order valence-electron chi connectivity index (χ4n) is 2.30. The van der Waals surface area contributed by atoms with Crippen LogP contribution in [0.1, 0.15) is 15.3 Å². The number of amides is 1. The van der Waals surface area contributed by atoms with E-state index in [1.54, 1.807) is 18.2 Å². The molecular weight excluding hydrogens is 402 g/mol. The molecule has 0 aliphatic heterocycles. The zero-order valence-electron chi connectivity index (χ0n) is 14.4. The predicted octanol–water partition coefficient (Wildman–Crippen LogP) is 5.49. The first-order chi connectivity index (χ1) is 13.0. The maximum atomic E-state index is 12.6. The van der Waals surface area contributed by atoms with Gasteiger partial charge in [-0.3, -0.25) is 4.79 Å². The van der Waals surface area contributed by atoms with Crippen molar-refractivity contribution in [3.63, 3.8) is 0 Å². The standard InChI is InChI=1S/C20H16ClNO3S2/c1-13-6-7-14(21)10-17(13)22-19(23)12-25-20(24)16(18-5-3-9-27-18)11-15-4-2-8-26-15/h2-11H,12H2,1H3,(H,22,23)/b16-11+. The summed E-state index contributed by atoms with van der Waals surface area (Å²) in [5.41, 5.74) is 1.89. The third kappa shape index (κ3) is 5.29. The highest BCUT2D eigenvalue weighted by atomic mass is 35.5. The number of carbonyl (C=O) groups is 2. The number of hydrogen-bond donors (Lipinski definition) is 1. The van der Waals surface area contributed by atoms with E-state index < -0.39 is 11.9 Å². The molecule has 0 atom stereocenters. The van der Waals surface area contributed by atoms with Crippen molar-refractivity contribution in [1.29, 1.82) is 0 Å². The minimum atomic E-state index is -0.538. The number of hydrogen-bond acceptors (Lipinski definition) is 5. The van der Waals surface area contributed by atoms with Crippen molar-refractivity contribution in [3.05, 3.63) is 73.6 Å². The number of rotatable bonds is 6. The molecule has 0 unspecified atom stereocenters. The van der Waals surface area contributed by atoms with E-state index in [-0.39, 0.29) is 6.61 Å². The molecule has 3 rings (SSSR count). The van der Waals surface area contributed by atoms with Crippen LogP contribution in [0.4, 0.5) is 5.69 Å². The summed E-state index contributed by atoms with van der Waals surface area (Å²) in [6.45, 7) is 1.48. The van der Waals surface area contributed by atoms with Crippen LogP contribution in [-0.2, 0) is 14.3 Å². The molecule has 0 aliphatic carbocycles. The van der Waals surface area contributed by atoms with Gasteiger partial charge < -0.3 is 10.1 Å². The number of esters is 1. The SMILES string of the molecule is Cc1ccc(Cl)cc1NC(=O)COC(=O)/C(=C/c1cccs1)c1cccs1. The molecule has 2 heterocycles. The normalized spacial score (nSPS) is 11.3. The molecule has 138 valence electrons. The number of halogens is 1. The third-order valence-electron chi connectivity index (χ3n) is 3.64. The van der Waals surface area contributed by atoms with Gasteiger partial charge in [-0.15, -0.1) is 22.7 Å². The monoisotopic (exact) mass is 417 g/mol. The Balaban J connectivity index is 1.67. The molecule has 3 aromatic rings. The van der Waals surface area contributed by atoms with E-state index in [0.29, 0.717) is 16.3 Å².